The lowest BCUT2D eigenvalue weighted by atomic mass is 10.2. The first-order chi connectivity index (χ1) is 5.83. The van der Waals surface area contributed by atoms with E-state index in [0.29, 0.717) is 6.42 Å². The fraction of sp³-hybridized carbons (Fsp3) is 0.333. The van der Waals surface area contributed by atoms with Crippen molar-refractivity contribution in [1.82, 2.24) is 0 Å². The Morgan fingerprint density at radius 1 is 1.50 bits per heavy atom. The van der Waals surface area contributed by atoms with E-state index in [-0.39, 0.29) is 0 Å². The summed E-state index contributed by atoms with van der Waals surface area (Å²) in [6.07, 6.45) is 0.108. The van der Waals surface area contributed by atoms with Gasteiger partial charge in [0.15, 0.2) is 6.23 Å². The smallest absolute Gasteiger partial charge is 0.155 e. The van der Waals surface area contributed by atoms with Crippen LogP contribution in [0.1, 0.15) is 5.56 Å². The summed E-state index contributed by atoms with van der Waals surface area (Å²) >= 11 is 0. The van der Waals surface area contributed by atoms with Crippen LogP contribution in [0.5, 0.6) is 0 Å². The first-order valence-corrected chi connectivity index (χ1v) is 3.92. The molecule has 1 atom stereocenters. The average Bonchev–Trinajstić information content (AvgIpc) is 2.40. The van der Waals surface area contributed by atoms with Gasteiger partial charge in [0.2, 0.25) is 0 Å². The maximum absolute atomic E-state index is 9.51. The summed E-state index contributed by atoms with van der Waals surface area (Å²) in [5.74, 6) is 0. The van der Waals surface area contributed by atoms with Gasteiger partial charge in [0.05, 0.1) is 12.8 Å². The maximum atomic E-state index is 9.51. The highest BCUT2D eigenvalue weighted by Gasteiger charge is 2.26. The number of rotatable bonds is 1. The number of hydroxylamine groups is 1. The molecule has 1 aromatic carbocycles. The monoisotopic (exact) mass is 165 g/mol. The molecule has 1 N–H and O–H groups in total. The summed E-state index contributed by atoms with van der Waals surface area (Å²) in [6.45, 7) is 0. The van der Waals surface area contributed by atoms with Gasteiger partial charge in [-0.3, -0.25) is 4.84 Å². The van der Waals surface area contributed by atoms with E-state index in [2.05, 4.69) is 0 Å². The van der Waals surface area contributed by atoms with Gasteiger partial charge in [0.25, 0.3) is 0 Å². The van der Waals surface area contributed by atoms with Crippen LogP contribution >= 0.6 is 0 Å². The second-order valence-corrected chi connectivity index (χ2v) is 2.82. The van der Waals surface area contributed by atoms with E-state index in [4.69, 9.17) is 4.84 Å². The minimum atomic E-state index is -0.535. The lowest BCUT2D eigenvalue weighted by Crippen LogP contribution is -2.30. The number of nitrogens with zero attached hydrogens (tertiary/aromatic N) is 1. The molecule has 0 bridgehead atoms. The first-order valence-electron chi connectivity index (χ1n) is 3.92. The van der Waals surface area contributed by atoms with Crippen molar-refractivity contribution in [3.63, 3.8) is 0 Å². The molecule has 0 radical (unpaired) electrons. The van der Waals surface area contributed by atoms with Gasteiger partial charge in [-0.05, 0) is 11.6 Å². The molecule has 1 aromatic rings. The summed E-state index contributed by atoms with van der Waals surface area (Å²) in [7, 11) is 1.56. The van der Waals surface area contributed by atoms with Crippen molar-refractivity contribution in [2.45, 2.75) is 12.6 Å². The summed E-state index contributed by atoms with van der Waals surface area (Å²) in [6, 6.07) is 7.83. The van der Waals surface area contributed by atoms with Crippen LogP contribution < -0.4 is 5.06 Å². The molecule has 1 aliphatic heterocycles. The Balaban J connectivity index is 2.40. The van der Waals surface area contributed by atoms with Crippen molar-refractivity contribution < 1.29 is 9.94 Å². The predicted octanol–water partition coefficient (Wildman–Crippen LogP) is 0.929. The number of hydrogen-bond acceptors (Lipinski definition) is 3. The molecule has 3 nitrogen and oxygen atoms in total. The summed E-state index contributed by atoms with van der Waals surface area (Å²) in [5, 5.41) is 11.0. The van der Waals surface area contributed by atoms with Crippen molar-refractivity contribution in [1.29, 1.82) is 0 Å². The lowest BCUT2D eigenvalue weighted by Gasteiger charge is -2.19. The zero-order valence-electron chi connectivity index (χ0n) is 6.90. The summed E-state index contributed by atoms with van der Waals surface area (Å²) in [4.78, 5) is 5.03. The van der Waals surface area contributed by atoms with Crippen LogP contribution in [0.15, 0.2) is 24.3 Å². The van der Waals surface area contributed by atoms with E-state index in [9.17, 15) is 5.11 Å². The van der Waals surface area contributed by atoms with Crippen molar-refractivity contribution in [3.05, 3.63) is 29.8 Å². The molecule has 1 unspecified atom stereocenters. The minimum absolute atomic E-state index is 0.535. The Morgan fingerprint density at radius 2 is 2.25 bits per heavy atom. The Bertz CT molecular complexity index is 288. The highest BCUT2D eigenvalue weighted by atomic mass is 16.7. The molecule has 2 rings (SSSR count). The molecule has 1 aliphatic rings. The van der Waals surface area contributed by atoms with E-state index in [1.807, 2.05) is 24.3 Å². The zero-order valence-corrected chi connectivity index (χ0v) is 6.90. The quantitative estimate of drug-likeness (QED) is 0.672. The van der Waals surface area contributed by atoms with Gasteiger partial charge in [-0.1, -0.05) is 18.2 Å². The second-order valence-electron chi connectivity index (χ2n) is 2.82. The molecule has 0 spiro atoms. The van der Waals surface area contributed by atoms with Gasteiger partial charge in [-0.25, -0.2) is 5.06 Å². The number of benzene rings is 1. The van der Waals surface area contributed by atoms with Crippen LogP contribution in [0.25, 0.3) is 0 Å². The van der Waals surface area contributed by atoms with E-state index in [1.54, 1.807) is 7.11 Å². The topological polar surface area (TPSA) is 32.7 Å². The zero-order chi connectivity index (χ0) is 8.55. The van der Waals surface area contributed by atoms with Gasteiger partial charge in [0.1, 0.15) is 0 Å². The number of aliphatic hydroxyl groups excluding tert-OH is 1. The number of hydrogen-bond donors (Lipinski definition) is 1. The van der Waals surface area contributed by atoms with Gasteiger partial charge in [-0.15, -0.1) is 0 Å². The third-order valence-electron chi connectivity index (χ3n) is 2.10. The third kappa shape index (κ3) is 0.983. The fourth-order valence-corrected chi connectivity index (χ4v) is 1.56. The van der Waals surface area contributed by atoms with Crippen molar-refractivity contribution in [3.8, 4) is 0 Å². The van der Waals surface area contributed by atoms with Crippen molar-refractivity contribution in [2.75, 3.05) is 12.2 Å². The first kappa shape index (κ1) is 7.58. The Morgan fingerprint density at radius 3 is 3.00 bits per heavy atom. The highest BCUT2D eigenvalue weighted by molar-refractivity contribution is 5.56. The van der Waals surface area contributed by atoms with Crippen molar-refractivity contribution in [2.24, 2.45) is 0 Å². The van der Waals surface area contributed by atoms with Gasteiger partial charge >= 0.3 is 0 Å². The number of para-hydroxylation sites is 1. The molecule has 0 aromatic heterocycles. The molecule has 0 saturated carbocycles. The Labute approximate surface area is 71.1 Å². The van der Waals surface area contributed by atoms with Crippen LogP contribution in [-0.2, 0) is 11.3 Å². The normalized spacial score (nSPS) is 21.2. The summed E-state index contributed by atoms with van der Waals surface area (Å²) in [5.41, 5.74) is 2.10. The minimum Gasteiger partial charge on any atom is -0.371 e. The van der Waals surface area contributed by atoms with E-state index in [1.165, 1.54) is 5.06 Å². The fourth-order valence-electron chi connectivity index (χ4n) is 1.56. The Kier molecular flexibility index (Phi) is 1.75. The van der Waals surface area contributed by atoms with E-state index >= 15 is 0 Å². The number of aliphatic hydroxyl groups is 1. The maximum Gasteiger partial charge on any atom is 0.155 e. The molecule has 3 heteroatoms. The summed E-state index contributed by atoms with van der Waals surface area (Å²) < 4.78 is 0. The van der Waals surface area contributed by atoms with Crippen LogP contribution in [0.4, 0.5) is 5.69 Å². The average molecular weight is 165 g/mol. The van der Waals surface area contributed by atoms with E-state index < -0.39 is 6.23 Å². The molecule has 12 heavy (non-hydrogen) atoms. The van der Waals surface area contributed by atoms with Gasteiger partial charge < -0.3 is 5.11 Å². The van der Waals surface area contributed by atoms with Gasteiger partial charge in [0, 0.05) is 6.42 Å². The molecule has 0 saturated heterocycles. The highest BCUT2D eigenvalue weighted by Crippen LogP contribution is 2.30. The number of anilines is 1. The van der Waals surface area contributed by atoms with Crippen LogP contribution in [0.2, 0.25) is 0 Å². The molecule has 0 amide bonds. The lowest BCUT2D eigenvalue weighted by molar-refractivity contribution is 0.0453. The van der Waals surface area contributed by atoms with E-state index in [0.717, 1.165) is 11.3 Å². The van der Waals surface area contributed by atoms with Crippen LogP contribution in [0.3, 0.4) is 0 Å². The van der Waals surface area contributed by atoms with Crippen molar-refractivity contribution >= 4 is 5.69 Å². The SMILES string of the molecule is CON1c2ccccc2CC1O. The predicted molar refractivity (Wildman–Crippen MR) is 45.6 cm³/mol. The number of fused-ring (bicyclic) bond motifs is 1. The van der Waals surface area contributed by atoms with Crippen LogP contribution in [0, 0.1) is 0 Å². The molecular weight excluding hydrogens is 154 g/mol. The standard InChI is InChI=1S/C9H11NO2/c1-12-10-8-5-3-2-4-7(8)6-9(10)11/h2-5,9,11H,6H2,1H3. The molecule has 64 valence electrons. The van der Waals surface area contributed by atoms with Crippen LogP contribution in [-0.4, -0.2) is 18.4 Å². The molecule has 1 heterocycles. The third-order valence-corrected chi connectivity index (χ3v) is 2.10. The second kappa shape index (κ2) is 2.77. The largest absolute Gasteiger partial charge is 0.371 e. The molecule has 0 aliphatic carbocycles. The molecule has 0 fully saturated rings. The Hall–Kier alpha value is -1.06. The van der Waals surface area contributed by atoms with Gasteiger partial charge in [-0.2, -0.15) is 0 Å². The molecular formula is C9H11NO2.